The molecule has 0 spiro atoms. The van der Waals surface area contributed by atoms with E-state index in [4.69, 9.17) is 0 Å². The van der Waals surface area contributed by atoms with E-state index in [1.807, 2.05) is 6.92 Å². The first kappa shape index (κ1) is 7.84. The molecule has 0 aliphatic rings. The van der Waals surface area contributed by atoms with E-state index in [0.29, 0.717) is 0 Å². The first-order valence-electron chi connectivity index (χ1n) is 2.19. The molecule has 0 heterocycles. The quantitative estimate of drug-likeness (QED) is 0.466. The number of hydrogen-bond donors (Lipinski definition) is 0. The average molecular weight is 268 g/mol. The second-order valence-electron chi connectivity index (χ2n) is 1.85. The predicted octanol–water partition coefficient (Wildman–Crippen LogP) is 2.15. The summed E-state index contributed by atoms with van der Waals surface area (Å²) in [5.74, 6) is 2.90. The third-order valence-electron chi connectivity index (χ3n) is 0.422. The summed E-state index contributed by atoms with van der Waals surface area (Å²) in [5.41, 5.74) is 0. The molecule has 0 aromatic carbocycles. The van der Waals surface area contributed by atoms with Crippen molar-refractivity contribution in [3.63, 3.8) is 0 Å². The molecule has 0 atom stereocenters. The Morgan fingerprint density at radius 1 is 1.43 bits per heavy atom. The zero-order valence-corrected chi connectivity index (χ0v) is 9.32. The van der Waals surface area contributed by atoms with E-state index in [2.05, 4.69) is 32.4 Å². The van der Waals surface area contributed by atoms with Crippen LogP contribution >= 0.6 is 12.7 Å². The van der Waals surface area contributed by atoms with Gasteiger partial charge in [-0.15, -0.1) is 0 Å². The Balaban J connectivity index is 3.72. The van der Waals surface area contributed by atoms with Gasteiger partial charge in [-0.2, -0.15) is 0 Å². The van der Waals surface area contributed by atoms with Gasteiger partial charge in [0.1, 0.15) is 0 Å². The second-order valence-corrected chi connectivity index (χ2v) is 24.3. The average Bonchev–Trinajstić information content (AvgIpc) is 1.30. The van der Waals surface area contributed by atoms with Gasteiger partial charge in [0.25, 0.3) is 0 Å². The maximum absolute atomic E-state index is 3.58. The van der Waals surface area contributed by atoms with Crippen LogP contribution < -0.4 is 0 Å². The van der Waals surface area contributed by atoms with Crippen LogP contribution in [0.5, 0.6) is 0 Å². The fourth-order valence-corrected chi connectivity index (χ4v) is 3.32. The Labute approximate surface area is 55.3 Å². The normalized spacial score (nSPS) is 9.71. The second kappa shape index (κ2) is 2.98. The third-order valence-corrected chi connectivity index (χ3v) is 4.16. The van der Waals surface area contributed by atoms with Gasteiger partial charge in [0.2, 0.25) is 0 Å². The van der Waals surface area contributed by atoms with Crippen LogP contribution in [-0.4, -0.2) is 16.2 Å². The van der Waals surface area contributed by atoms with Crippen LogP contribution in [0.2, 0.25) is 9.88 Å². The zero-order chi connectivity index (χ0) is 5.91. The number of halogens is 1. The van der Waals surface area contributed by atoms with E-state index < -0.39 is 16.2 Å². The molecule has 0 bridgehead atoms. The molecule has 0 saturated carbocycles. The summed E-state index contributed by atoms with van der Waals surface area (Å²) >= 11 is 1.75. The summed E-state index contributed by atoms with van der Waals surface area (Å²) in [4.78, 5) is 4.45. The molecular weight excluding hydrogens is 259 g/mol. The summed E-state index contributed by atoms with van der Waals surface area (Å²) in [6, 6.07) is 0. The fourth-order valence-electron chi connectivity index (χ4n) is 0.297. The van der Waals surface area contributed by atoms with Crippen LogP contribution in [-0.2, 0) is 0 Å². The molecule has 0 aromatic rings. The first-order chi connectivity index (χ1) is 3.06. The SMILES string of the molecule is CC#[C][Sn]([CH3])([CH3])[Br]. The van der Waals surface area contributed by atoms with Gasteiger partial charge in [-0.3, -0.25) is 0 Å². The molecule has 7 heavy (non-hydrogen) atoms. The van der Waals surface area contributed by atoms with Gasteiger partial charge in [0.05, 0.1) is 0 Å². The van der Waals surface area contributed by atoms with Crippen molar-refractivity contribution in [2.24, 2.45) is 0 Å². The number of rotatable bonds is 0. The van der Waals surface area contributed by atoms with Crippen LogP contribution in [0, 0.1) is 9.86 Å². The molecule has 0 radical (unpaired) electrons. The van der Waals surface area contributed by atoms with Gasteiger partial charge in [-0.1, -0.05) is 0 Å². The zero-order valence-electron chi connectivity index (χ0n) is 4.88. The summed E-state index contributed by atoms with van der Waals surface area (Å²) in [6.07, 6.45) is 0. The van der Waals surface area contributed by atoms with E-state index in [9.17, 15) is 0 Å². The molecule has 0 N–H and O–H groups in total. The van der Waals surface area contributed by atoms with E-state index >= 15 is 0 Å². The summed E-state index contributed by atoms with van der Waals surface area (Å²) < 4.78 is 3.16. The summed E-state index contributed by atoms with van der Waals surface area (Å²) in [6.45, 7) is 1.89. The van der Waals surface area contributed by atoms with Crippen LogP contribution in [0.1, 0.15) is 6.92 Å². The van der Waals surface area contributed by atoms with Crippen LogP contribution in [0.3, 0.4) is 0 Å². The van der Waals surface area contributed by atoms with Crippen molar-refractivity contribution in [2.45, 2.75) is 16.8 Å². The summed E-state index contributed by atoms with van der Waals surface area (Å²) in [7, 11) is 0. The van der Waals surface area contributed by atoms with Gasteiger partial charge >= 0.3 is 55.5 Å². The topological polar surface area (TPSA) is 0 Å². The fraction of sp³-hybridized carbons (Fsp3) is 0.600. The number of hydrogen-bond acceptors (Lipinski definition) is 0. The monoisotopic (exact) mass is 268 g/mol. The Morgan fingerprint density at radius 3 is 1.86 bits per heavy atom. The molecule has 0 nitrogen and oxygen atoms in total. The van der Waals surface area contributed by atoms with E-state index in [0.717, 1.165) is 0 Å². The summed E-state index contributed by atoms with van der Waals surface area (Å²) in [5, 5.41) is 0. The van der Waals surface area contributed by atoms with Crippen molar-refractivity contribution in [1.82, 2.24) is 0 Å². The van der Waals surface area contributed by atoms with Crippen LogP contribution in [0.4, 0.5) is 0 Å². The maximum atomic E-state index is 3.58. The van der Waals surface area contributed by atoms with Gasteiger partial charge in [0.15, 0.2) is 0 Å². The Morgan fingerprint density at radius 2 is 1.86 bits per heavy atom. The molecule has 2 heteroatoms. The van der Waals surface area contributed by atoms with Crippen molar-refractivity contribution in [3.8, 4) is 9.86 Å². The van der Waals surface area contributed by atoms with E-state index in [-0.39, 0.29) is 0 Å². The van der Waals surface area contributed by atoms with E-state index in [1.165, 1.54) is 0 Å². The molecular formula is C5H9BrSn. The van der Waals surface area contributed by atoms with Crippen LogP contribution in [0.15, 0.2) is 0 Å². The van der Waals surface area contributed by atoms with Gasteiger partial charge in [-0.25, -0.2) is 0 Å². The molecule has 0 aliphatic heterocycles. The third kappa shape index (κ3) is 6.84. The Kier molecular flexibility index (Phi) is 3.34. The van der Waals surface area contributed by atoms with Crippen molar-refractivity contribution in [3.05, 3.63) is 0 Å². The molecule has 0 rings (SSSR count). The molecule has 0 aromatic heterocycles. The van der Waals surface area contributed by atoms with Crippen molar-refractivity contribution >= 4 is 28.9 Å². The molecule has 40 valence electrons. The van der Waals surface area contributed by atoms with Crippen molar-refractivity contribution in [1.29, 1.82) is 0 Å². The van der Waals surface area contributed by atoms with Gasteiger partial charge in [-0.05, 0) is 0 Å². The van der Waals surface area contributed by atoms with Gasteiger partial charge in [0, 0.05) is 0 Å². The molecule has 0 aliphatic carbocycles. The van der Waals surface area contributed by atoms with Crippen LogP contribution in [0.25, 0.3) is 0 Å². The van der Waals surface area contributed by atoms with E-state index in [1.54, 1.807) is 0 Å². The van der Waals surface area contributed by atoms with Crippen molar-refractivity contribution in [2.75, 3.05) is 0 Å². The van der Waals surface area contributed by atoms with Crippen molar-refractivity contribution < 1.29 is 0 Å². The standard InChI is InChI=1S/C3H3.2CH3.BrH.Sn/c1-3-2;;;;/h1H3;2*1H3;1H;/q;;;;+1/p-1. The Hall–Kier alpha value is 0.839. The Bertz CT molecular complexity index is 101. The minimum atomic E-state index is -1.82. The first-order valence-corrected chi connectivity index (χ1v) is 15.7. The molecule has 0 saturated heterocycles. The molecule has 0 fully saturated rings. The predicted molar refractivity (Wildman–Crippen MR) is 39.9 cm³/mol. The minimum absolute atomic E-state index is 1.82. The van der Waals surface area contributed by atoms with Gasteiger partial charge < -0.3 is 0 Å². The molecule has 0 unspecified atom stereocenters. The molecule has 0 amide bonds.